The van der Waals surface area contributed by atoms with Crippen molar-refractivity contribution in [3.05, 3.63) is 47.4 Å². The van der Waals surface area contributed by atoms with Crippen molar-refractivity contribution in [1.29, 1.82) is 0 Å². The van der Waals surface area contributed by atoms with Crippen LogP contribution in [0.3, 0.4) is 0 Å². The fourth-order valence-electron chi connectivity index (χ4n) is 4.46. The Hall–Kier alpha value is -3.16. The van der Waals surface area contributed by atoms with Gasteiger partial charge < -0.3 is 20.0 Å². The Kier molecular flexibility index (Phi) is 6.58. The molecule has 1 N–H and O–H groups in total. The lowest BCUT2D eigenvalue weighted by Gasteiger charge is -2.25. The number of hydrogen-bond acceptors (Lipinski definition) is 6. The molecule has 3 heterocycles. The summed E-state index contributed by atoms with van der Waals surface area (Å²) in [4.78, 5) is 40.3. The van der Waals surface area contributed by atoms with Gasteiger partial charge in [0.25, 0.3) is 5.91 Å². The van der Waals surface area contributed by atoms with Crippen LogP contribution in [-0.4, -0.2) is 65.3 Å². The quantitative estimate of drug-likeness (QED) is 0.750. The van der Waals surface area contributed by atoms with E-state index in [2.05, 4.69) is 27.3 Å². The van der Waals surface area contributed by atoms with Crippen LogP contribution in [0.1, 0.15) is 60.5 Å². The van der Waals surface area contributed by atoms with Crippen molar-refractivity contribution in [2.45, 2.75) is 45.2 Å². The lowest BCUT2D eigenvalue weighted by Crippen LogP contribution is -2.32. The minimum atomic E-state index is -0.171. The van der Waals surface area contributed by atoms with Crippen LogP contribution < -0.4 is 10.2 Å². The van der Waals surface area contributed by atoms with E-state index in [0.29, 0.717) is 30.3 Å². The van der Waals surface area contributed by atoms with E-state index in [1.54, 1.807) is 11.9 Å². The third-order valence-electron chi connectivity index (χ3n) is 6.39. The topological polar surface area (TPSA) is 81.7 Å². The van der Waals surface area contributed by atoms with Gasteiger partial charge >= 0.3 is 0 Å². The van der Waals surface area contributed by atoms with Crippen molar-refractivity contribution < 1.29 is 9.59 Å². The molecule has 2 aromatic rings. The number of aromatic nitrogens is 2. The Morgan fingerprint density at radius 2 is 1.81 bits per heavy atom. The van der Waals surface area contributed by atoms with Gasteiger partial charge in [0.2, 0.25) is 5.91 Å². The standard InChI is InChI=1S/C24H32N6O2/c1-17(31)28(3)16-19-15-22(25-2)27-23(26-19)21-7-6-14-30(21)24(32)18-8-10-20(11-9-18)29-12-4-5-13-29/h8-11,15,21H,4-7,12-14,16H2,1-3H3,(H,25,26,27)/t21-/m0/s1. The zero-order chi connectivity index (χ0) is 22.7. The van der Waals surface area contributed by atoms with Gasteiger partial charge in [0.05, 0.1) is 18.3 Å². The van der Waals surface area contributed by atoms with E-state index in [4.69, 9.17) is 4.98 Å². The number of hydrogen-bond donors (Lipinski definition) is 1. The van der Waals surface area contributed by atoms with Crippen LogP contribution in [-0.2, 0) is 11.3 Å². The second-order valence-electron chi connectivity index (χ2n) is 8.63. The maximum atomic E-state index is 13.4. The molecule has 4 rings (SSSR count). The van der Waals surface area contributed by atoms with Crippen LogP contribution in [0.5, 0.6) is 0 Å². The first-order valence-electron chi connectivity index (χ1n) is 11.4. The molecule has 2 aliphatic heterocycles. The number of nitrogens with one attached hydrogen (secondary N) is 1. The Morgan fingerprint density at radius 3 is 2.47 bits per heavy atom. The molecule has 170 valence electrons. The third kappa shape index (κ3) is 4.69. The average molecular weight is 437 g/mol. The molecular weight excluding hydrogens is 404 g/mol. The van der Waals surface area contributed by atoms with Gasteiger partial charge in [0.15, 0.2) is 5.82 Å². The number of carbonyl (C=O) groups is 2. The normalized spacial score (nSPS) is 18.2. The van der Waals surface area contributed by atoms with E-state index in [0.717, 1.165) is 31.6 Å². The van der Waals surface area contributed by atoms with E-state index in [1.165, 1.54) is 25.5 Å². The Morgan fingerprint density at radius 1 is 1.09 bits per heavy atom. The third-order valence-corrected chi connectivity index (χ3v) is 6.39. The molecule has 0 saturated carbocycles. The van der Waals surface area contributed by atoms with Gasteiger partial charge in [-0.1, -0.05) is 0 Å². The summed E-state index contributed by atoms with van der Waals surface area (Å²) in [5.41, 5.74) is 2.63. The van der Waals surface area contributed by atoms with E-state index in [1.807, 2.05) is 30.1 Å². The lowest BCUT2D eigenvalue weighted by molar-refractivity contribution is -0.128. The van der Waals surface area contributed by atoms with Gasteiger partial charge in [-0.25, -0.2) is 9.97 Å². The summed E-state index contributed by atoms with van der Waals surface area (Å²) < 4.78 is 0. The van der Waals surface area contributed by atoms with Crippen molar-refractivity contribution in [2.75, 3.05) is 43.9 Å². The second-order valence-corrected chi connectivity index (χ2v) is 8.63. The summed E-state index contributed by atoms with van der Waals surface area (Å²) in [5.74, 6) is 1.31. The highest BCUT2D eigenvalue weighted by Gasteiger charge is 2.33. The molecule has 1 aromatic heterocycles. The van der Waals surface area contributed by atoms with Crippen molar-refractivity contribution in [2.24, 2.45) is 0 Å². The van der Waals surface area contributed by atoms with Crippen LogP contribution in [0.2, 0.25) is 0 Å². The number of amides is 2. The van der Waals surface area contributed by atoms with Crippen molar-refractivity contribution in [3.63, 3.8) is 0 Å². The maximum Gasteiger partial charge on any atom is 0.254 e. The van der Waals surface area contributed by atoms with Crippen LogP contribution in [0.15, 0.2) is 30.3 Å². The molecular formula is C24H32N6O2. The fourth-order valence-corrected chi connectivity index (χ4v) is 4.46. The van der Waals surface area contributed by atoms with Crippen molar-refractivity contribution >= 4 is 23.3 Å². The Labute approximate surface area is 189 Å². The van der Waals surface area contributed by atoms with Crippen LogP contribution in [0.25, 0.3) is 0 Å². The van der Waals surface area contributed by atoms with Gasteiger partial charge in [0.1, 0.15) is 5.82 Å². The zero-order valence-corrected chi connectivity index (χ0v) is 19.2. The first-order valence-corrected chi connectivity index (χ1v) is 11.4. The molecule has 32 heavy (non-hydrogen) atoms. The highest BCUT2D eigenvalue weighted by Crippen LogP contribution is 2.32. The summed E-state index contributed by atoms with van der Waals surface area (Å²) in [6.07, 6.45) is 4.20. The molecule has 0 aliphatic carbocycles. The Balaban J connectivity index is 1.55. The van der Waals surface area contributed by atoms with E-state index in [-0.39, 0.29) is 17.9 Å². The van der Waals surface area contributed by atoms with Crippen LogP contribution in [0, 0.1) is 0 Å². The molecule has 8 nitrogen and oxygen atoms in total. The molecule has 2 fully saturated rings. The SMILES string of the molecule is CNc1cc(CN(C)C(C)=O)nc([C@@H]2CCCN2C(=O)c2ccc(N3CCCC3)cc2)n1. The van der Waals surface area contributed by atoms with E-state index in [9.17, 15) is 9.59 Å². The predicted octanol–water partition coefficient (Wildman–Crippen LogP) is 3.07. The lowest BCUT2D eigenvalue weighted by atomic mass is 10.1. The van der Waals surface area contributed by atoms with E-state index >= 15 is 0 Å². The monoisotopic (exact) mass is 436 g/mol. The number of nitrogens with zero attached hydrogens (tertiary/aromatic N) is 5. The first-order chi connectivity index (χ1) is 15.5. The fraction of sp³-hybridized carbons (Fsp3) is 0.500. The molecule has 0 bridgehead atoms. The summed E-state index contributed by atoms with van der Waals surface area (Å²) in [6.45, 7) is 4.79. The first kappa shape index (κ1) is 22.0. The molecule has 0 radical (unpaired) electrons. The predicted molar refractivity (Wildman–Crippen MR) is 125 cm³/mol. The highest BCUT2D eigenvalue weighted by molar-refractivity contribution is 5.95. The van der Waals surface area contributed by atoms with Gasteiger partial charge in [-0.3, -0.25) is 9.59 Å². The number of rotatable bonds is 6. The molecule has 2 saturated heterocycles. The van der Waals surface area contributed by atoms with Gasteiger partial charge in [-0.2, -0.15) is 0 Å². The Bertz CT molecular complexity index is 971. The van der Waals surface area contributed by atoms with Gasteiger partial charge in [-0.15, -0.1) is 0 Å². The van der Waals surface area contributed by atoms with Gasteiger partial charge in [-0.05, 0) is 49.9 Å². The van der Waals surface area contributed by atoms with Crippen LogP contribution >= 0.6 is 0 Å². The van der Waals surface area contributed by atoms with Crippen molar-refractivity contribution in [1.82, 2.24) is 19.8 Å². The number of benzene rings is 1. The highest BCUT2D eigenvalue weighted by atomic mass is 16.2. The summed E-state index contributed by atoms with van der Waals surface area (Å²) in [5, 5.41) is 3.08. The largest absolute Gasteiger partial charge is 0.373 e. The average Bonchev–Trinajstić information content (AvgIpc) is 3.51. The molecule has 2 aliphatic rings. The molecule has 1 atom stereocenters. The number of likely N-dealkylation sites (tertiary alicyclic amines) is 1. The molecule has 0 unspecified atom stereocenters. The minimum Gasteiger partial charge on any atom is -0.373 e. The number of carbonyl (C=O) groups excluding carboxylic acids is 2. The van der Waals surface area contributed by atoms with Crippen molar-refractivity contribution in [3.8, 4) is 0 Å². The molecule has 2 amide bonds. The molecule has 0 spiro atoms. The van der Waals surface area contributed by atoms with Crippen LogP contribution in [0.4, 0.5) is 11.5 Å². The number of anilines is 2. The minimum absolute atomic E-state index is 0.0151. The maximum absolute atomic E-state index is 13.4. The molecule has 1 aromatic carbocycles. The smallest absolute Gasteiger partial charge is 0.254 e. The van der Waals surface area contributed by atoms with Gasteiger partial charge in [0, 0.05) is 58.0 Å². The zero-order valence-electron chi connectivity index (χ0n) is 19.2. The summed E-state index contributed by atoms with van der Waals surface area (Å²) >= 11 is 0. The summed E-state index contributed by atoms with van der Waals surface area (Å²) in [7, 11) is 3.56. The second kappa shape index (κ2) is 9.54. The van der Waals surface area contributed by atoms with E-state index < -0.39 is 0 Å². The molecule has 8 heteroatoms. The summed E-state index contributed by atoms with van der Waals surface area (Å²) in [6, 6.07) is 9.65.